The summed E-state index contributed by atoms with van der Waals surface area (Å²) in [4.78, 5) is 142. The fourth-order valence-corrected chi connectivity index (χ4v) is 16.3. The van der Waals surface area contributed by atoms with Gasteiger partial charge < -0.3 is 43.9 Å². The first kappa shape index (κ1) is 86.6. The van der Waals surface area contributed by atoms with E-state index >= 15 is 0 Å². The van der Waals surface area contributed by atoms with Gasteiger partial charge in [0.15, 0.2) is 0 Å². The number of para-hydroxylation sites is 1. The van der Waals surface area contributed by atoms with Gasteiger partial charge in [0, 0.05) is 92.4 Å². The van der Waals surface area contributed by atoms with Crippen molar-refractivity contribution < 1.29 is 78.1 Å². The number of rotatable bonds is 26. The number of carbonyl (C=O) groups is 8. The number of phenols is 4. The van der Waals surface area contributed by atoms with Crippen LogP contribution in [-0.2, 0) is 65.0 Å². The van der Waals surface area contributed by atoms with Crippen LogP contribution in [0, 0.1) is 0 Å². The number of benzene rings is 12. The molecule has 20 rings (SSSR count). The molecule has 1 saturated heterocycles. The molecule has 0 aliphatic carbocycles. The molecule has 4 N–H and O–H groups in total. The molecule has 15 aromatic rings. The molecule has 5 aliphatic rings. The van der Waals surface area contributed by atoms with E-state index < -0.39 is 47.3 Å². The normalized spacial score (nSPS) is 14.2. The smallest absolute Gasteiger partial charge is 0.285 e. The molecular formula is C103H86N12O16. The van der Waals surface area contributed by atoms with Gasteiger partial charge in [0.25, 0.3) is 47.3 Å². The van der Waals surface area contributed by atoms with Crippen molar-refractivity contribution in [3.8, 4) is 45.5 Å². The van der Waals surface area contributed by atoms with Crippen molar-refractivity contribution in [1.29, 1.82) is 0 Å². The molecule has 28 heteroatoms. The molecular weight excluding hydrogens is 1660 g/mol. The molecule has 0 saturated carbocycles. The highest BCUT2D eigenvalue weighted by molar-refractivity contribution is 6.22. The van der Waals surface area contributed by atoms with Crippen LogP contribution < -0.4 is 9.80 Å². The van der Waals surface area contributed by atoms with Crippen LogP contribution >= 0.6 is 0 Å². The van der Waals surface area contributed by atoms with E-state index in [4.69, 9.17) is 19.4 Å². The average Bonchev–Trinajstić information content (AvgIpc) is 1.65. The number of hydrogen-bond donors (Lipinski definition) is 4. The number of hydroxylamine groups is 8. The lowest BCUT2D eigenvalue weighted by atomic mass is 10.1. The Balaban J connectivity index is 0.000000122. The Bertz CT molecular complexity index is 6610. The van der Waals surface area contributed by atoms with E-state index in [0.29, 0.717) is 94.8 Å². The third-order valence-electron chi connectivity index (χ3n) is 22.7. The lowest BCUT2D eigenvalue weighted by Crippen LogP contribution is -2.54. The summed E-state index contributed by atoms with van der Waals surface area (Å²) >= 11 is 0. The molecule has 12 aromatic carbocycles. The van der Waals surface area contributed by atoms with E-state index in [1.54, 1.807) is 183 Å². The van der Waals surface area contributed by atoms with Crippen molar-refractivity contribution in [2.24, 2.45) is 0 Å². The van der Waals surface area contributed by atoms with Gasteiger partial charge in [-0.3, -0.25) is 57.7 Å². The molecule has 0 bridgehead atoms. The number of aromatic hydroxyl groups is 4. The number of hydrogen-bond acceptors (Lipinski definition) is 21. The fourth-order valence-electron chi connectivity index (χ4n) is 16.3. The fraction of sp³-hybridized carbons (Fsp3) is 0.136. The zero-order valence-electron chi connectivity index (χ0n) is 70.6. The van der Waals surface area contributed by atoms with E-state index in [1.807, 2.05) is 153 Å². The van der Waals surface area contributed by atoms with E-state index in [-0.39, 0.29) is 55.5 Å². The minimum Gasteiger partial charge on any atom is -0.508 e. The minimum absolute atomic E-state index is 0.00749. The van der Waals surface area contributed by atoms with Gasteiger partial charge in [-0.2, -0.15) is 0 Å². The standard InChI is InChI=1S/2C26H21N3O4.C26H25N3O4.C25H19N3O4/c30-20-10-6-7-18(15-20)16-28-17-27-24(19-8-2-1-3-9-19)23(28)13-14-33-29-25(31)21-11-4-5-12-22(21)26(29)32;30-20-10-6-9-19(13-20)15-28-17-27-23(14-18-7-2-1-3-8-18)24(28)16-33-29-25(31)21-11-4-5-12-22(21)26(29)32;30-22-10-6-9-20(17-22)28-15-14-27(19-7-2-1-3-8-19)18-21(28)13-16-33-29-25(31)23-11-4-5-12-24(23)26(29)32;29-19-10-6-7-17(13-19)14-27-16-26-23(18-8-2-1-3-9-18)22(27)15-32-28-24(30)20-11-4-5-12-21(20)25(28)31/h1-12,15,17,30H,13-14,16H2;1-13,17,30H,14-16H2;1-12,17,21,30H,13-16,18H2;1-13,16,29H,14-15H2. The van der Waals surface area contributed by atoms with Gasteiger partial charge in [-0.15, -0.1) is 20.3 Å². The van der Waals surface area contributed by atoms with Crippen LogP contribution in [0.25, 0.3) is 22.5 Å². The van der Waals surface area contributed by atoms with Gasteiger partial charge in [0.05, 0.1) is 105 Å². The maximum absolute atomic E-state index is 12.7. The number of nitrogens with zero attached hydrogens (tertiary/aromatic N) is 12. The quantitative estimate of drug-likeness (QED) is 0.0366. The number of imidazole rings is 3. The predicted octanol–water partition coefficient (Wildman–Crippen LogP) is 15.8. The first-order valence-electron chi connectivity index (χ1n) is 42.3. The van der Waals surface area contributed by atoms with Gasteiger partial charge in [0.1, 0.15) is 36.2 Å². The summed E-state index contributed by atoms with van der Waals surface area (Å²) in [7, 11) is 0. The molecule has 0 spiro atoms. The zero-order chi connectivity index (χ0) is 90.4. The number of aromatic nitrogens is 6. The molecule has 1 atom stereocenters. The second kappa shape index (κ2) is 39.6. The summed E-state index contributed by atoms with van der Waals surface area (Å²) in [6.07, 6.45) is 6.76. The highest BCUT2D eigenvalue weighted by Crippen LogP contribution is 2.35. The number of imide groups is 4. The van der Waals surface area contributed by atoms with Gasteiger partial charge in [-0.05, 0) is 138 Å². The predicted molar refractivity (Wildman–Crippen MR) is 484 cm³/mol. The Morgan fingerprint density at radius 3 is 1.05 bits per heavy atom. The van der Waals surface area contributed by atoms with Crippen LogP contribution in [-0.4, -0.2) is 155 Å². The number of piperazine rings is 1. The van der Waals surface area contributed by atoms with Crippen LogP contribution in [0.5, 0.6) is 23.0 Å². The molecule has 654 valence electrons. The molecule has 3 aromatic heterocycles. The number of carbonyl (C=O) groups excluding carboxylic acids is 8. The van der Waals surface area contributed by atoms with Crippen molar-refractivity contribution in [1.82, 2.24) is 48.9 Å². The van der Waals surface area contributed by atoms with E-state index in [1.165, 1.54) is 0 Å². The Labute approximate surface area is 751 Å². The largest absolute Gasteiger partial charge is 0.508 e. The monoisotopic (exact) mass is 1750 g/mol. The van der Waals surface area contributed by atoms with Crippen molar-refractivity contribution in [2.45, 2.75) is 58.2 Å². The van der Waals surface area contributed by atoms with Crippen LogP contribution in [0.2, 0.25) is 0 Å². The van der Waals surface area contributed by atoms with E-state index in [9.17, 15) is 58.8 Å². The first-order chi connectivity index (χ1) is 63.9. The van der Waals surface area contributed by atoms with Crippen molar-refractivity contribution in [3.05, 3.63) is 424 Å². The topological polar surface area (TPSA) is 327 Å². The number of phenolic OH excluding ortho intramolecular Hbond substituents is 4. The lowest BCUT2D eigenvalue weighted by molar-refractivity contribution is -0.102. The number of amides is 8. The minimum atomic E-state index is -0.481. The number of fused-ring (bicyclic) bond motifs is 4. The lowest BCUT2D eigenvalue weighted by Gasteiger charge is -2.44. The summed E-state index contributed by atoms with van der Waals surface area (Å²) in [5.41, 5.74) is 15.1. The van der Waals surface area contributed by atoms with Gasteiger partial charge in [-0.1, -0.05) is 200 Å². The molecule has 1 fully saturated rings. The molecule has 28 nitrogen and oxygen atoms in total. The van der Waals surface area contributed by atoms with Crippen molar-refractivity contribution in [2.75, 3.05) is 42.6 Å². The van der Waals surface area contributed by atoms with Crippen LogP contribution in [0.3, 0.4) is 0 Å². The van der Waals surface area contributed by atoms with Gasteiger partial charge in [0.2, 0.25) is 0 Å². The van der Waals surface area contributed by atoms with E-state index in [2.05, 4.69) is 36.9 Å². The summed E-state index contributed by atoms with van der Waals surface area (Å²) in [5, 5.41) is 42.8. The maximum Gasteiger partial charge on any atom is 0.285 e. The summed E-state index contributed by atoms with van der Waals surface area (Å²) < 4.78 is 5.78. The molecule has 131 heavy (non-hydrogen) atoms. The van der Waals surface area contributed by atoms with Crippen LogP contribution in [0.4, 0.5) is 11.4 Å². The molecule has 8 heterocycles. The maximum atomic E-state index is 12.7. The highest BCUT2D eigenvalue weighted by Gasteiger charge is 2.41. The van der Waals surface area contributed by atoms with Gasteiger partial charge in [-0.25, -0.2) is 15.0 Å². The van der Waals surface area contributed by atoms with Crippen molar-refractivity contribution in [3.63, 3.8) is 0 Å². The Hall–Kier alpha value is -16.5. The molecule has 0 radical (unpaired) electrons. The third kappa shape index (κ3) is 19.4. The summed E-state index contributed by atoms with van der Waals surface area (Å²) in [6.45, 7) is 4.07. The second-order valence-corrected chi connectivity index (χ2v) is 31.2. The van der Waals surface area contributed by atoms with Crippen LogP contribution in [0.1, 0.15) is 134 Å². The first-order valence-corrected chi connectivity index (χ1v) is 42.3. The Morgan fingerprint density at radius 1 is 0.305 bits per heavy atom. The highest BCUT2D eigenvalue weighted by atomic mass is 16.7. The third-order valence-corrected chi connectivity index (χ3v) is 22.7. The molecule has 8 amide bonds. The van der Waals surface area contributed by atoms with Crippen molar-refractivity contribution >= 4 is 58.6 Å². The SMILES string of the molecule is O=C1c2ccccc2C(=O)N1OCCC1CN(c2ccccc2)CCN1c1cccc(O)c1.O=C1c2ccccc2C(=O)N1OCCc1c(-c2ccccc2)ncn1Cc1cccc(O)c1.O=C1c2ccccc2C(=O)N1OCc1c(-c2ccccc2)ncn1Cc1cccc(O)c1.O=C1c2ccccc2C(=O)N1OCc1c(Cc2ccccc2)ncn1Cc1cccc(O)c1. The number of anilines is 2. The summed E-state index contributed by atoms with van der Waals surface area (Å²) in [6, 6.07) is 94.7. The van der Waals surface area contributed by atoms with Gasteiger partial charge >= 0.3 is 0 Å². The van der Waals surface area contributed by atoms with E-state index in [0.717, 1.165) is 107 Å². The van der Waals surface area contributed by atoms with Crippen LogP contribution in [0.15, 0.2) is 334 Å². The molecule has 1 unspecified atom stereocenters. The zero-order valence-corrected chi connectivity index (χ0v) is 70.6. The Morgan fingerprint density at radius 2 is 0.634 bits per heavy atom. The second-order valence-electron chi connectivity index (χ2n) is 31.2. The molecule has 5 aliphatic heterocycles. The Kier molecular flexibility index (Phi) is 26.1. The summed E-state index contributed by atoms with van der Waals surface area (Å²) in [5.74, 6) is -2.87. The average molecular weight is 1750 g/mol.